The van der Waals surface area contributed by atoms with Gasteiger partial charge in [0.2, 0.25) is 0 Å². The Morgan fingerprint density at radius 2 is 2.10 bits per heavy atom. The van der Waals surface area contributed by atoms with Gasteiger partial charge in [-0.25, -0.2) is 4.79 Å². The topological polar surface area (TPSA) is 47.6 Å². The lowest BCUT2D eigenvalue weighted by Gasteiger charge is -2.23. The molecule has 1 aromatic carbocycles. The minimum atomic E-state index is -0.507. The maximum absolute atomic E-state index is 11.8. The number of carbonyl (C=O) groups is 1. The Balaban J connectivity index is 1.92. The summed E-state index contributed by atoms with van der Waals surface area (Å²) in [6, 6.07) is 5.47. The Hall–Kier alpha value is -0.940. The van der Waals surface area contributed by atoms with Crippen molar-refractivity contribution in [1.29, 1.82) is 0 Å². The zero-order chi connectivity index (χ0) is 15.7. The van der Waals surface area contributed by atoms with Gasteiger partial charge in [-0.2, -0.15) is 0 Å². The summed E-state index contributed by atoms with van der Waals surface area (Å²) in [6.45, 7) is 5.88. The molecule has 0 aliphatic heterocycles. The molecule has 0 unspecified atom stereocenters. The van der Waals surface area contributed by atoms with Crippen molar-refractivity contribution in [2.75, 3.05) is 6.61 Å². The highest BCUT2D eigenvalue weighted by Gasteiger charge is 2.46. The number of halogens is 2. The van der Waals surface area contributed by atoms with Crippen LogP contribution in [0.1, 0.15) is 33.6 Å². The van der Waals surface area contributed by atoms with Crippen molar-refractivity contribution in [3.8, 4) is 5.75 Å². The van der Waals surface area contributed by atoms with E-state index in [4.69, 9.17) is 21.1 Å². The predicted molar refractivity (Wildman–Crippen MR) is 86.0 cm³/mol. The van der Waals surface area contributed by atoms with Gasteiger partial charge in [-0.05, 0) is 61.7 Å². The zero-order valence-corrected chi connectivity index (χ0v) is 14.7. The summed E-state index contributed by atoms with van der Waals surface area (Å²) >= 11 is 9.51. The standard InChI is InChI=1S/C15H19BrClNO3/c1-14(2,3)21-13(19)18-15(7-8-15)9-20-12-10(16)5-4-6-11(12)17/h4-6H,7-9H2,1-3H3,(H,18,19). The molecule has 1 fully saturated rings. The molecule has 1 N–H and O–H groups in total. The van der Waals surface area contributed by atoms with Crippen LogP contribution in [0.3, 0.4) is 0 Å². The molecule has 0 atom stereocenters. The van der Waals surface area contributed by atoms with Gasteiger partial charge < -0.3 is 14.8 Å². The molecule has 0 bridgehead atoms. The number of benzene rings is 1. The predicted octanol–water partition coefficient (Wildman–Crippen LogP) is 4.54. The number of hydrogen-bond acceptors (Lipinski definition) is 3. The minimum absolute atomic E-state index is 0.346. The molecule has 0 spiro atoms. The molecule has 1 aromatic rings. The lowest BCUT2D eigenvalue weighted by atomic mass is 10.2. The molecule has 2 rings (SSSR count). The van der Waals surface area contributed by atoms with Crippen LogP contribution in [0.2, 0.25) is 5.02 Å². The highest BCUT2D eigenvalue weighted by molar-refractivity contribution is 9.10. The molecule has 4 nitrogen and oxygen atoms in total. The highest BCUT2D eigenvalue weighted by atomic mass is 79.9. The van der Waals surface area contributed by atoms with E-state index in [-0.39, 0.29) is 5.54 Å². The summed E-state index contributed by atoms with van der Waals surface area (Å²) in [4.78, 5) is 11.8. The van der Waals surface area contributed by atoms with E-state index >= 15 is 0 Å². The van der Waals surface area contributed by atoms with Crippen molar-refractivity contribution in [2.45, 2.75) is 44.8 Å². The number of ether oxygens (including phenoxy) is 2. The van der Waals surface area contributed by atoms with Gasteiger partial charge in [0.1, 0.15) is 12.2 Å². The zero-order valence-electron chi connectivity index (χ0n) is 12.3. The molecule has 0 saturated heterocycles. The third-order valence-electron chi connectivity index (χ3n) is 3.03. The second-order valence-electron chi connectivity index (χ2n) is 6.25. The first-order valence-corrected chi connectivity index (χ1v) is 7.96. The van der Waals surface area contributed by atoms with E-state index in [9.17, 15) is 4.79 Å². The van der Waals surface area contributed by atoms with Crippen molar-refractivity contribution < 1.29 is 14.3 Å². The maximum atomic E-state index is 11.8. The van der Waals surface area contributed by atoms with Crippen molar-refractivity contribution in [2.24, 2.45) is 0 Å². The van der Waals surface area contributed by atoms with E-state index in [1.807, 2.05) is 32.9 Å². The first kappa shape index (κ1) is 16.4. The van der Waals surface area contributed by atoms with Crippen LogP contribution in [0.5, 0.6) is 5.75 Å². The quantitative estimate of drug-likeness (QED) is 0.839. The summed E-state index contributed by atoms with van der Waals surface area (Å²) in [7, 11) is 0. The van der Waals surface area contributed by atoms with Crippen LogP contribution in [-0.4, -0.2) is 23.8 Å². The summed E-state index contributed by atoms with van der Waals surface area (Å²) < 4.78 is 11.8. The van der Waals surface area contributed by atoms with Gasteiger partial charge in [0.15, 0.2) is 5.75 Å². The molecule has 0 heterocycles. The molecule has 6 heteroatoms. The first-order valence-electron chi connectivity index (χ1n) is 6.79. The average Bonchev–Trinajstić information content (AvgIpc) is 3.05. The van der Waals surface area contributed by atoms with Gasteiger partial charge in [-0.15, -0.1) is 0 Å². The Morgan fingerprint density at radius 3 is 2.62 bits per heavy atom. The van der Waals surface area contributed by atoms with Crippen LogP contribution in [0, 0.1) is 0 Å². The Labute approximate surface area is 138 Å². The molecule has 1 amide bonds. The molecule has 0 aromatic heterocycles. The van der Waals surface area contributed by atoms with E-state index in [1.165, 1.54) is 0 Å². The van der Waals surface area contributed by atoms with Gasteiger partial charge in [0.05, 0.1) is 15.0 Å². The molecule has 116 valence electrons. The van der Waals surface area contributed by atoms with E-state index in [0.29, 0.717) is 17.4 Å². The smallest absolute Gasteiger partial charge is 0.408 e. The fourth-order valence-corrected chi connectivity index (χ4v) is 2.63. The van der Waals surface area contributed by atoms with Gasteiger partial charge >= 0.3 is 6.09 Å². The van der Waals surface area contributed by atoms with Crippen molar-refractivity contribution >= 4 is 33.6 Å². The molecular formula is C15H19BrClNO3. The molecule has 1 aliphatic carbocycles. The number of rotatable bonds is 4. The summed E-state index contributed by atoms with van der Waals surface area (Å²) in [5, 5.41) is 3.43. The second kappa shape index (κ2) is 6.05. The third-order valence-corrected chi connectivity index (χ3v) is 3.95. The molecule has 1 saturated carbocycles. The maximum Gasteiger partial charge on any atom is 0.408 e. The number of alkyl carbamates (subject to hydrolysis) is 1. The Bertz CT molecular complexity index is 518. The number of amides is 1. The first-order chi connectivity index (χ1) is 9.71. The van der Waals surface area contributed by atoms with Crippen LogP contribution in [-0.2, 0) is 4.74 Å². The molecule has 0 radical (unpaired) electrons. The van der Waals surface area contributed by atoms with Crippen LogP contribution in [0.15, 0.2) is 22.7 Å². The summed E-state index contributed by atoms with van der Waals surface area (Å²) in [6.07, 6.45) is 1.32. The minimum Gasteiger partial charge on any atom is -0.488 e. The number of carbonyl (C=O) groups excluding carboxylic acids is 1. The number of hydrogen-bond donors (Lipinski definition) is 1. The van der Waals surface area contributed by atoms with E-state index in [1.54, 1.807) is 6.07 Å². The van der Waals surface area contributed by atoms with Gasteiger partial charge in [0.25, 0.3) is 0 Å². The lowest BCUT2D eigenvalue weighted by Crippen LogP contribution is -2.44. The second-order valence-corrected chi connectivity index (χ2v) is 7.51. The van der Waals surface area contributed by atoms with Gasteiger partial charge in [-0.3, -0.25) is 0 Å². The lowest BCUT2D eigenvalue weighted by molar-refractivity contribution is 0.0477. The van der Waals surface area contributed by atoms with Gasteiger partial charge in [0, 0.05) is 0 Å². The molecule has 21 heavy (non-hydrogen) atoms. The molecular weight excluding hydrogens is 358 g/mol. The largest absolute Gasteiger partial charge is 0.488 e. The van der Waals surface area contributed by atoms with Crippen LogP contribution in [0.25, 0.3) is 0 Å². The third kappa shape index (κ3) is 4.78. The van der Waals surface area contributed by atoms with E-state index in [0.717, 1.165) is 17.3 Å². The van der Waals surface area contributed by atoms with E-state index < -0.39 is 11.7 Å². The number of nitrogens with one attached hydrogen (secondary N) is 1. The number of para-hydroxylation sites is 1. The monoisotopic (exact) mass is 375 g/mol. The molecule has 1 aliphatic rings. The van der Waals surface area contributed by atoms with E-state index in [2.05, 4.69) is 21.2 Å². The summed E-state index contributed by atoms with van der Waals surface area (Å²) in [5.74, 6) is 0.594. The van der Waals surface area contributed by atoms with Crippen molar-refractivity contribution in [3.63, 3.8) is 0 Å². The summed E-state index contributed by atoms with van der Waals surface area (Å²) in [5.41, 5.74) is -0.853. The fraction of sp³-hybridized carbons (Fsp3) is 0.533. The van der Waals surface area contributed by atoms with Crippen LogP contribution < -0.4 is 10.1 Å². The van der Waals surface area contributed by atoms with Gasteiger partial charge in [-0.1, -0.05) is 17.7 Å². The highest BCUT2D eigenvalue weighted by Crippen LogP contribution is 2.39. The van der Waals surface area contributed by atoms with Crippen molar-refractivity contribution in [1.82, 2.24) is 5.32 Å². The van der Waals surface area contributed by atoms with Crippen LogP contribution >= 0.6 is 27.5 Å². The normalized spacial score (nSPS) is 16.2. The Morgan fingerprint density at radius 1 is 1.43 bits per heavy atom. The fourth-order valence-electron chi connectivity index (χ4n) is 1.81. The SMILES string of the molecule is CC(C)(C)OC(=O)NC1(COc2c(Cl)cccc2Br)CC1. The Kier molecular flexibility index (Phi) is 4.73. The average molecular weight is 377 g/mol. The van der Waals surface area contributed by atoms with Crippen molar-refractivity contribution in [3.05, 3.63) is 27.7 Å². The van der Waals surface area contributed by atoms with Crippen LogP contribution in [0.4, 0.5) is 4.79 Å².